The molecule has 2 rings (SSSR count). The molecule has 2 aromatic carbocycles. The van der Waals surface area contributed by atoms with Gasteiger partial charge in [0.05, 0.1) is 13.2 Å². The van der Waals surface area contributed by atoms with Crippen LogP contribution in [0, 0.1) is 5.82 Å². The van der Waals surface area contributed by atoms with Crippen LogP contribution in [-0.4, -0.2) is 23.4 Å². The average molecular weight is 339 g/mol. The Morgan fingerprint density at radius 3 is 2.10 bits per heavy atom. The van der Waals surface area contributed by atoms with E-state index in [0.717, 1.165) is 15.6 Å². The quantitative estimate of drug-likeness (QED) is 0.879. The third kappa shape index (κ3) is 3.08. The predicted molar refractivity (Wildman–Crippen MR) is 80.1 cm³/mol. The lowest BCUT2D eigenvalue weighted by Crippen LogP contribution is -2.37. The molecule has 2 N–H and O–H groups in total. The Morgan fingerprint density at radius 1 is 0.950 bits per heavy atom. The molecule has 2 nitrogen and oxygen atoms in total. The average Bonchev–Trinajstić information content (AvgIpc) is 2.48. The molecule has 20 heavy (non-hydrogen) atoms. The fourth-order valence-electron chi connectivity index (χ4n) is 2.26. The van der Waals surface area contributed by atoms with Gasteiger partial charge in [0.2, 0.25) is 0 Å². The van der Waals surface area contributed by atoms with Crippen molar-refractivity contribution in [2.75, 3.05) is 13.2 Å². The molecular formula is C16H16BrFO2. The molecular weight excluding hydrogens is 323 g/mol. The maximum absolute atomic E-state index is 13.0. The van der Waals surface area contributed by atoms with Crippen molar-refractivity contribution in [3.63, 3.8) is 0 Å². The first-order chi connectivity index (χ1) is 9.61. The van der Waals surface area contributed by atoms with Gasteiger partial charge in [-0.2, -0.15) is 0 Å². The van der Waals surface area contributed by atoms with Gasteiger partial charge >= 0.3 is 0 Å². The highest BCUT2D eigenvalue weighted by atomic mass is 79.9. The van der Waals surface area contributed by atoms with Crippen molar-refractivity contribution in [2.24, 2.45) is 0 Å². The second-order valence-corrected chi connectivity index (χ2v) is 5.73. The molecule has 0 amide bonds. The van der Waals surface area contributed by atoms with E-state index in [2.05, 4.69) is 15.9 Å². The Balaban J connectivity index is 2.39. The van der Waals surface area contributed by atoms with Gasteiger partial charge in [-0.15, -0.1) is 0 Å². The van der Waals surface area contributed by atoms with Crippen LogP contribution in [0.1, 0.15) is 11.1 Å². The molecule has 106 valence electrons. The Hall–Kier alpha value is -1.23. The van der Waals surface area contributed by atoms with E-state index in [-0.39, 0.29) is 19.0 Å². The van der Waals surface area contributed by atoms with E-state index in [1.807, 2.05) is 24.3 Å². The van der Waals surface area contributed by atoms with Crippen molar-refractivity contribution in [3.05, 3.63) is 69.9 Å². The summed E-state index contributed by atoms with van der Waals surface area (Å²) in [6.07, 6.45) is 0.465. The standard InChI is InChI=1S/C16H16BrFO2/c17-15-4-2-1-3-12(15)9-16(10-19,11-20)13-5-7-14(18)8-6-13/h1-8,19-20H,9-11H2. The van der Waals surface area contributed by atoms with Crippen LogP contribution >= 0.6 is 15.9 Å². The summed E-state index contributed by atoms with van der Waals surface area (Å²) in [4.78, 5) is 0. The third-order valence-corrected chi connectivity index (χ3v) is 4.32. The second-order valence-electron chi connectivity index (χ2n) is 4.87. The minimum absolute atomic E-state index is 0.212. The molecule has 0 fully saturated rings. The van der Waals surface area contributed by atoms with Gasteiger partial charge in [0.25, 0.3) is 0 Å². The van der Waals surface area contributed by atoms with E-state index in [9.17, 15) is 14.6 Å². The van der Waals surface area contributed by atoms with Gasteiger partial charge in [-0.05, 0) is 35.7 Å². The lowest BCUT2D eigenvalue weighted by molar-refractivity contribution is 0.116. The maximum Gasteiger partial charge on any atom is 0.123 e. The lowest BCUT2D eigenvalue weighted by Gasteiger charge is -2.31. The first-order valence-electron chi connectivity index (χ1n) is 6.32. The Bertz CT molecular complexity index is 565. The van der Waals surface area contributed by atoms with E-state index in [0.29, 0.717) is 6.42 Å². The van der Waals surface area contributed by atoms with Crippen LogP contribution in [0.5, 0.6) is 0 Å². The molecule has 0 aromatic heterocycles. The molecule has 0 spiro atoms. The van der Waals surface area contributed by atoms with Crippen molar-refractivity contribution in [1.29, 1.82) is 0 Å². The van der Waals surface area contributed by atoms with Crippen molar-refractivity contribution in [2.45, 2.75) is 11.8 Å². The summed E-state index contributed by atoms with van der Waals surface area (Å²) in [5.74, 6) is -0.334. The Kier molecular flexibility index (Phi) is 4.91. The van der Waals surface area contributed by atoms with Crippen LogP contribution in [0.15, 0.2) is 53.0 Å². The molecule has 4 heteroatoms. The van der Waals surface area contributed by atoms with Gasteiger partial charge < -0.3 is 10.2 Å². The zero-order chi connectivity index (χ0) is 14.6. The topological polar surface area (TPSA) is 40.5 Å². The van der Waals surface area contributed by atoms with Crippen LogP contribution in [0.4, 0.5) is 4.39 Å². The molecule has 0 atom stereocenters. The number of aliphatic hydroxyl groups is 2. The smallest absolute Gasteiger partial charge is 0.123 e. The first-order valence-corrected chi connectivity index (χ1v) is 7.12. The number of rotatable bonds is 5. The molecule has 0 radical (unpaired) electrons. The summed E-state index contributed by atoms with van der Waals surface area (Å²) in [7, 11) is 0. The summed E-state index contributed by atoms with van der Waals surface area (Å²) >= 11 is 3.47. The second kappa shape index (κ2) is 6.48. The van der Waals surface area contributed by atoms with Gasteiger partial charge in [-0.3, -0.25) is 0 Å². The number of hydrogen-bond acceptors (Lipinski definition) is 2. The van der Waals surface area contributed by atoms with Crippen LogP contribution in [0.25, 0.3) is 0 Å². The van der Waals surface area contributed by atoms with Crippen molar-refractivity contribution in [3.8, 4) is 0 Å². The molecule has 0 saturated heterocycles. The third-order valence-electron chi connectivity index (χ3n) is 3.55. The van der Waals surface area contributed by atoms with Crippen molar-refractivity contribution in [1.82, 2.24) is 0 Å². The summed E-state index contributed by atoms with van der Waals surface area (Å²) < 4.78 is 14.0. The summed E-state index contributed by atoms with van der Waals surface area (Å²) in [5.41, 5.74) is 0.886. The molecule has 0 aliphatic rings. The fourth-order valence-corrected chi connectivity index (χ4v) is 2.68. The highest BCUT2D eigenvalue weighted by Crippen LogP contribution is 2.31. The van der Waals surface area contributed by atoms with E-state index in [4.69, 9.17) is 0 Å². The highest BCUT2D eigenvalue weighted by molar-refractivity contribution is 9.10. The number of aliphatic hydroxyl groups excluding tert-OH is 2. The van der Waals surface area contributed by atoms with E-state index in [1.54, 1.807) is 12.1 Å². The van der Waals surface area contributed by atoms with Gasteiger partial charge in [0.1, 0.15) is 5.82 Å². The zero-order valence-electron chi connectivity index (χ0n) is 10.9. The number of benzene rings is 2. The van der Waals surface area contributed by atoms with Crippen LogP contribution in [0.3, 0.4) is 0 Å². The summed E-state index contributed by atoms with van der Waals surface area (Å²) in [5, 5.41) is 19.6. The summed E-state index contributed by atoms with van der Waals surface area (Å²) in [6.45, 7) is -0.424. The van der Waals surface area contributed by atoms with Crippen LogP contribution in [-0.2, 0) is 11.8 Å². The van der Waals surface area contributed by atoms with E-state index >= 15 is 0 Å². The van der Waals surface area contributed by atoms with E-state index in [1.165, 1.54) is 12.1 Å². The SMILES string of the molecule is OCC(CO)(Cc1ccccc1Br)c1ccc(F)cc1. The lowest BCUT2D eigenvalue weighted by atomic mass is 9.77. The maximum atomic E-state index is 13.0. The van der Waals surface area contributed by atoms with Gasteiger partial charge in [-0.25, -0.2) is 4.39 Å². The molecule has 0 unspecified atom stereocenters. The number of halogens is 2. The number of hydrogen-bond donors (Lipinski definition) is 2. The molecule has 0 aliphatic carbocycles. The minimum atomic E-state index is -0.822. The Morgan fingerprint density at radius 2 is 1.55 bits per heavy atom. The summed E-state index contributed by atoms with van der Waals surface area (Å²) in [6, 6.07) is 13.6. The largest absolute Gasteiger partial charge is 0.395 e. The monoisotopic (exact) mass is 338 g/mol. The molecule has 0 saturated carbocycles. The normalized spacial score (nSPS) is 11.6. The van der Waals surface area contributed by atoms with Gasteiger partial charge in [0.15, 0.2) is 0 Å². The van der Waals surface area contributed by atoms with Crippen LogP contribution in [0.2, 0.25) is 0 Å². The van der Waals surface area contributed by atoms with E-state index < -0.39 is 5.41 Å². The fraction of sp³-hybridized carbons (Fsp3) is 0.250. The van der Waals surface area contributed by atoms with Gasteiger partial charge in [0, 0.05) is 9.89 Å². The zero-order valence-corrected chi connectivity index (χ0v) is 12.5. The molecule has 0 heterocycles. The van der Waals surface area contributed by atoms with Crippen molar-refractivity contribution >= 4 is 15.9 Å². The predicted octanol–water partition coefficient (Wildman–Crippen LogP) is 3.05. The Labute approximate surface area is 126 Å². The van der Waals surface area contributed by atoms with Gasteiger partial charge in [-0.1, -0.05) is 46.3 Å². The highest BCUT2D eigenvalue weighted by Gasteiger charge is 2.32. The minimum Gasteiger partial charge on any atom is -0.395 e. The van der Waals surface area contributed by atoms with Crippen molar-refractivity contribution < 1.29 is 14.6 Å². The molecule has 0 aliphatic heterocycles. The van der Waals surface area contributed by atoms with Crippen LogP contribution < -0.4 is 0 Å². The molecule has 2 aromatic rings. The first kappa shape index (κ1) is 15.2. The molecule has 0 bridgehead atoms.